The van der Waals surface area contributed by atoms with Gasteiger partial charge >= 0.3 is 45.9 Å². The molecule has 0 amide bonds. The van der Waals surface area contributed by atoms with Crippen molar-refractivity contribution < 1.29 is 98.5 Å². The summed E-state index contributed by atoms with van der Waals surface area (Å²) in [4.78, 5) is 53.0. The summed E-state index contributed by atoms with van der Waals surface area (Å²) in [6.07, 6.45) is 0.127. The number of hydrogen-bond acceptors (Lipinski definition) is 15. The summed E-state index contributed by atoms with van der Waals surface area (Å²) in [6.45, 7) is 5.25. The molecular weight excluding hydrogens is 778 g/mol. The predicted octanol–water partition coefficient (Wildman–Crippen LogP) is -4.40. The monoisotopic (exact) mass is 825 g/mol. The van der Waals surface area contributed by atoms with Crippen molar-refractivity contribution in [3.8, 4) is 5.75 Å². The summed E-state index contributed by atoms with van der Waals surface area (Å²) >= 11 is 0. The van der Waals surface area contributed by atoms with E-state index in [9.17, 15) is 39.6 Å². The molecule has 17 heteroatoms. The molecule has 16 nitrogen and oxygen atoms in total. The summed E-state index contributed by atoms with van der Waals surface area (Å²) in [5.41, 5.74) is 0.729. The van der Waals surface area contributed by atoms with E-state index in [1.54, 1.807) is 43.9 Å². The van der Waals surface area contributed by atoms with Crippen molar-refractivity contribution in [2.75, 3.05) is 118 Å². The summed E-state index contributed by atoms with van der Waals surface area (Å²) < 4.78 is 21.8. The largest absolute Gasteiger partial charge is 3.00 e. The molecule has 1 aromatic rings. The molecule has 1 atom stereocenters. The minimum Gasteiger partial charge on any atom is -0.549 e. The van der Waals surface area contributed by atoms with Crippen LogP contribution in [0, 0.1) is 39.9 Å². The minimum atomic E-state index is -1.32. The Hall–Kier alpha value is -2.06. The van der Waals surface area contributed by atoms with Crippen LogP contribution in [0.25, 0.3) is 0 Å². The van der Waals surface area contributed by atoms with Gasteiger partial charge in [-0.3, -0.25) is 24.4 Å². The van der Waals surface area contributed by atoms with Gasteiger partial charge in [0.1, 0.15) is 18.4 Å². The van der Waals surface area contributed by atoms with E-state index in [0.717, 1.165) is 5.56 Å². The molecule has 1 aliphatic rings. The van der Waals surface area contributed by atoms with Gasteiger partial charge < -0.3 is 53.8 Å². The third-order valence-electron chi connectivity index (χ3n) is 7.45. The van der Waals surface area contributed by atoms with Gasteiger partial charge in [-0.1, -0.05) is 12.1 Å². The van der Waals surface area contributed by atoms with Crippen molar-refractivity contribution >= 4 is 23.9 Å². The second-order valence-corrected chi connectivity index (χ2v) is 11.0. The van der Waals surface area contributed by atoms with E-state index < -0.39 is 49.6 Å². The molecule has 1 N–H and O–H groups in total. The van der Waals surface area contributed by atoms with Crippen molar-refractivity contribution in [3.05, 3.63) is 29.8 Å². The molecule has 1 saturated heterocycles. The zero-order chi connectivity index (χ0) is 34.4. The van der Waals surface area contributed by atoms with Crippen LogP contribution in [0.2, 0.25) is 0 Å². The number of carboxylic acids is 4. The molecule has 0 aromatic heterocycles. The van der Waals surface area contributed by atoms with Gasteiger partial charge in [-0.15, -0.1) is 0 Å². The van der Waals surface area contributed by atoms with Gasteiger partial charge in [-0.05, 0) is 31.0 Å². The normalized spacial score (nSPS) is 16.6. The van der Waals surface area contributed by atoms with Crippen molar-refractivity contribution in [2.24, 2.45) is 0 Å². The quantitative estimate of drug-likeness (QED) is 0.116. The molecule has 1 fully saturated rings. The zero-order valence-electron chi connectivity index (χ0n) is 27.4. The zero-order valence-corrected chi connectivity index (χ0v) is 29.7. The first kappa shape index (κ1) is 44.0. The first-order valence-electron chi connectivity index (χ1n) is 15.8. The number of aliphatic carboxylic acids is 4. The molecule has 0 unspecified atom stereocenters. The standard InChI is InChI=1S/C31H50N4O12.Gd/c1-2-44-15-16-45-17-18-46-19-20-47-26-5-3-25(4-6-26)21-27(31(42)43)35-13-11-33(23-29(38)39)9-7-32(22-28(36)37)8-10-34(12-14-35)24-30(40)41;/h3-6,27H,2,7-24H2,1H3,(H,36,37)(H,38,39)(H,40,41)(H,42,43);/q;+3/p-3/t27-;/m0./s1. The Kier molecular flexibility index (Phi) is 23.7. The number of ether oxygens (including phenoxy) is 4. The molecule has 1 aliphatic heterocycles. The van der Waals surface area contributed by atoms with E-state index in [-0.39, 0.29) is 98.7 Å². The first-order valence-corrected chi connectivity index (χ1v) is 15.8. The number of carboxylic acid groups (broad SMARTS) is 4. The summed E-state index contributed by atoms with van der Waals surface area (Å²) in [7, 11) is 0. The molecule has 1 aromatic carbocycles. The average molecular weight is 825 g/mol. The van der Waals surface area contributed by atoms with Gasteiger partial charge in [0, 0.05) is 78.6 Å². The maximum absolute atomic E-state index is 12.5. The average Bonchev–Trinajstić information content (AvgIpc) is 3.01. The molecule has 1 heterocycles. The summed E-state index contributed by atoms with van der Waals surface area (Å²) in [5, 5.41) is 44.4. The van der Waals surface area contributed by atoms with E-state index in [0.29, 0.717) is 52.0 Å². The molecule has 48 heavy (non-hydrogen) atoms. The van der Waals surface area contributed by atoms with Gasteiger partial charge in [-0.2, -0.15) is 0 Å². The van der Waals surface area contributed by atoms with Gasteiger partial charge in [0.25, 0.3) is 0 Å². The van der Waals surface area contributed by atoms with Gasteiger partial charge in [0.15, 0.2) is 0 Å². The number of nitrogens with zero attached hydrogens (tertiary/aromatic N) is 4. The van der Waals surface area contributed by atoms with Gasteiger partial charge in [0.05, 0.1) is 50.9 Å². The van der Waals surface area contributed by atoms with Crippen molar-refractivity contribution in [1.29, 1.82) is 0 Å². The first-order chi connectivity index (χ1) is 22.6. The maximum Gasteiger partial charge on any atom is 3.00 e. The number of rotatable bonds is 21. The van der Waals surface area contributed by atoms with Crippen LogP contribution < -0.4 is 20.1 Å². The smallest absolute Gasteiger partial charge is 0.549 e. The van der Waals surface area contributed by atoms with E-state index >= 15 is 0 Å². The Morgan fingerprint density at radius 3 is 1.46 bits per heavy atom. The Morgan fingerprint density at radius 1 is 0.667 bits per heavy atom. The van der Waals surface area contributed by atoms with Gasteiger partial charge in [0.2, 0.25) is 0 Å². The molecule has 0 aliphatic carbocycles. The number of benzene rings is 1. The van der Waals surface area contributed by atoms with Crippen LogP contribution in [-0.2, 0) is 39.8 Å². The van der Waals surface area contributed by atoms with Crippen LogP contribution in [0.1, 0.15) is 12.5 Å². The maximum atomic E-state index is 12.5. The second kappa shape index (κ2) is 25.9. The van der Waals surface area contributed by atoms with E-state index in [2.05, 4.69) is 0 Å². The van der Waals surface area contributed by atoms with Crippen LogP contribution in [0.15, 0.2) is 24.3 Å². The fourth-order valence-corrected chi connectivity index (χ4v) is 5.01. The SMILES string of the molecule is CCOCCOCCOCCOc1ccc(C[C@@H](C(=O)O)N2CCN(CC(=O)[O-])CCN(CC(=O)[O-])CCN(CC(=O)[O-])CC2)cc1.[Gd+3]. The van der Waals surface area contributed by atoms with Crippen LogP contribution in [0.4, 0.5) is 0 Å². The molecule has 0 bridgehead atoms. The Morgan fingerprint density at radius 2 is 1.06 bits per heavy atom. The third-order valence-corrected chi connectivity index (χ3v) is 7.45. The summed E-state index contributed by atoms with van der Waals surface area (Å²) in [6, 6.07) is 6.02. The van der Waals surface area contributed by atoms with E-state index in [4.69, 9.17) is 18.9 Å². The van der Waals surface area contributed by atoms with Crippen LogP contribution in [-0.4, -0.2) is 173 Å². The Labute approximate surface area is 313 Å². The van der Waals surface area contributed by atoms with Crippen molar-refractivity contribution in [1.82, 2.24) is 19.6 Å². The number of carbonyl (C=O) groups is 4. The summed E-state index contributed by atoms with van der Waals surface area (Å²) in [5.74, 6) is -4.45. The molecular formula is C31H47GdN4O12. The number of carbonyl (C=O) groups excluding carboxylic acids is 3. The van der Waals surface area contributed by atoms with E-state index in [1.165, 1.54) is 0 Å². The number of hydrogen-bond donors (Lipinski definition) is 1. The Bertz CT molecular complexity index is 1050. The molecule has 0 spiro atoms. The fraction of sp³-hybridized carbons (Fsp3) is 0.677. The van der Waals surface area contributed by atoms with Crippen LogP contribution in [0.5, 0.6) is 5.75 Å². The third kappa shape index (κ3) is 19.8. The van der Waals surface area contributed by atoms with Crippen LogP contribution >= 0.6 is 0 Å². The molecule has 0 saturated carbocycles. The van der Waals surface area contributed by atoms with Crippen molar-refractivity contribution in [2.45, 2.75) is 19.4 Å². The molecule has 271 valence electrons. The van der Waals surface area contributed by atoms with Crippen LogP contribution in [0.3, 0.4) is 0 Å². The van der Waals surface area contributed by atoms with Gasteiger partial charge in [-0.25, -0.2) is 0 Å². The predicted molar refractivity (Wildman–Crippen MR) is 161 cm³/mol. The molecule has 1 radical (unpaired) electrons. The fourth-order valence-electron chi connectivity index (χ4n) is 5.01. The Balaban J connectivity index is 0.0000115. The van der Waals surface area contributed by atoms with Crippen molar-refractivity contribution in [3.63, 3.8) is 0 Å². The minimum absolute atomic E-state index is 0. The second-order valence-electron chi connectivity index (χ2n) is 11.0. The van der Waals surface area contributed by atoms with E-state index in [1.807, 2.05) is 6.92 Å². The topological polar surface area (TPSA) is 208 Å². The molecule has 2 rings (SSSR count).